The van der Waals surface area contributed by atoms with Crippen LogP contribution in [0.25, 0.3) is 0 Å². The molecule has 2 nitrogen and oxygen atoms in total. The molecule has 0 N–H and O–H groups in total. The standard InChI is InChI=1S/C11H23FNOPS/c1-3-13(4-2)9-5-6-10(14)7-8-11(12,15)16/h16H,3-9,15H2,1-2H3. The molecular formula is C11H23FNOPS. The molecule has 0 aliphatic carbocycles. The highest BCUT2D eigenvalue weighted by Crippen LogP contribution is 2.30. The number of carbonyl (C=O) groups is 1. The van der Waals surface area contributed by atoms with E-state index in [1.54, 1.807) is 0 Å². The van der Waals surface area contributed by atoms with Crippen LogP contribution < -0.4 is 0 Å². The smallest absolute Gasteiger partial charge is 0.166 e. The average molecular weight is 267 g/mol. The Balaban J connectivity index is 3.58. The summed E-state index contributed by atoms with van der Waals surface area (Å²) in [5.41, 5.74) is 0. The lowest BCUT2D eigenvalue weighted by Crippen LogP contribution is -2.24. The molecule has 2 atom stereocenters. The lowest BCUT2D eigenvalue weighted by atomic mass is 10.1. The zero-order valence-electron chi connectivity index (χ0n) is 10.2. The van der Waals surface area contributed by atoms with Crippen molar-refractivity contribution in [3.05, 3.63) is 0 Å². The molecule has 0 saturated heterocycles. The summed E-state index contributed by atoms with van der Waals surface area (Å²) in [5.74, 6) is 0.130. The summed E-state index contributed by atoms with van der Waals surface area (Å²) in [7, 11) is 2.00. The van der Waals surface area contributed by atoms with Crippen LogP contribution in [0.4, 0.5) is 4.39 Å². The first kappa shape index (κ1) is 16.3. The Morgan fingerprint density at radius 3 is 2.38 bits per heavy atom. The van der Waals surface area contributed by atoms with Crippen molar-refractivity contribution < 1.29 is 9.18 Å². The number of nitrogens with zero attached hydrogens (tertiary/aromatic N) is 1. The first-order chi connectivity index (χ1) is 7.39. The molecule has 0 aliphatic heterocycles. The maximum Gasteiger partial charge on any atom is 0.166 e. The lowest BCUT2D eigenvalue weighted by molar-refractivity contribution is -0.119. The summed E-state index contributed by atoms with van der Waals surface area (Å²) in [6.07, 6.45) is 1.86. The third-order valence-electron chi connectivity index (χ3n) is 2.58. The summed E-state index contributed by atoms with van der Waals surface area (Å²) < 4.78 is 11.4. The van der Waals surface area contributed by atoms with Gasteiger partial charge in [0.15, 0.2) is 4.74 Å². The number of hydrogen-bond donors (Lipinski definition) is 1. The quantitative estimate of drug-likeness (QED) is 0.512. The Morgan fingerprint density at radius 2 is 1.94 bits per heavy atom. The van der Waals surface area contributed by atoms with Crippen LogP contribution in [-0.2, 0) is 4.79 Å². The van der Waals surface area contributed by atoms with Crippen LogP contribution in [0.1, 0.15) is 39.5 Å². The summed E-state index contributed by atoms with van der Waals surface area (Å²) in [6.45, 7) is 7.19. The maximum absolute atomic E-state index is 13.0. The van der Waals surface area contributed by atoms with Crippen LogP contribution >= 0.6 is 21.9 Å². The van der Waals surface area contributed by atoms with Crippen LogP contribution in [0.15, 0.2) is 0 Å². The normalized spacial score (nSPS) is 15.1. The van der Waals surface area contributed by atoms with Crippen molar-refractivity contribution in [1.29, 1.82) is 0 Å². The van der Waals surface area contributed by atoms with Crippen LogP contribution in [-0.4, -0.2) is 35.1 Å². The van der Waals surface area contributed by atoms with E-state index in [2.05, 4.69) is 31.4 Å². The predicted molar refractivity (Wildman–Crippen MR) is 73.8 cm³/mol. The van der Waals surface area contributed by atoms with Crippen LogP contribution in [0, 0.1) is 0 Å². The largest absolute Gasteiger partial charge is 0.304 e. The number of halogens is 1. The number of thiol groups is 1. The molecule has 2 unspecified atom stereocenters. The molecule has 0 saturated carbocycles. The fraction of sp³-hybridized carbons (Fsp3) is 0.909. The van der Waals surface area contributed by atoms with Crippen LogP contribution in [0.5, 0.6) is 0 Å². The minimum atomic E-state index is -1.60. The van der Waals surface area contributed by atoms with E-state index in [4.69, 9.17) is 0 Å². The van der Waals surface area contributed by atoms with E-state index in [1.165, 1.54) is 0 Å². The molecule has 0 fully saturated rings. The Bertz CT molecular complexity index is 205. The van der Waals surface area contributed by atoms with Gasteiger partial charge in [0.25, 0.3) is 0 Å². The van der Waals surface area contributed by atoms with E-state index in [-0.39, 0.29) is 18.6 Å². The number of alkyl halides is 1. The molecule has 0 heterocycles. The summed E-state index contributed by atoms with van der Waals surface area (Å²) in [6, 6.07) is 0. The van der Waals surface area contributed by atoms with Gasteiger partial charge in [-0.2, -0.15) is 0 Å². The van der Waals surface area contributed by atoms with Gasteiger partial charge >= 0.3 is 0 Å². The number of hydrogen-bond acceptors (Lipinski definition) is 3. The van der Waals surface area contributed by atoms with Gasteiger partial charge in [0, 0.05) is 19.3 Å². The van der Waals surface area contributed by atoms with Crippen molar-refractivity contribution in [2.75, 3.05) is 19.6 Å². The minimum Gasteiger partial charge on any atom is -0.304 e. The molecular weight excluding hydrogens is 244 g/mol. The molecule has 0 radical (unpaired) electrons. The van der Waals surface area contributed by atoms with E-state index < -0.39 is 4.74 Å². The SMILES string of the molecule is CCN(CC)CCCC(=O)CCC(F)(P)S. The Morgan fingerprint density at radius 1 is 1.38 bits per heavy atom. The molecule has 16 heavy (non-hydrogen) atoms. The summed E-state index contributed by atoms with van der Waals surface area (Å²) in [5, 5.41) is 0. The fourth-order valence-corrected chi connectivity index (χ4v) is 1.74. The highest BCUT2D eigenvalue weighted by atomic mass is 32.1. The predicted octanol–water partition coefficient (Wildman–Crippen LogP) is 2.89. The third-order valence-corrected chi connectivity index (χ3v) is 3.09. The van der Waals surface area contributed by atoms with Gasteiger partial charge in [-0.15, -0.1) is 12.6 Å². The molecule has 0 aromatic rings. The van der Waals surface area contributed by atoms with Gasteiger partial charge in [0.05, 0.1) is 0 Å². The van der Waals surface area contributed by atoms with Gasteiger partial charge in [0.2, 0.25) is 0 Å². The van der Waals surface area contributed by atoms with Gasteiger partial charge in [-0.1, -0.05) is 23.1 Å². The number of carbonyl (C=O) groups excluding carboxylic acids is 1. The lowest BCUT2D eigenvalue weighted by Gasteiger charge is -2.17. The van der Waals surface area contributed by atoms with Crippen molar-refractivity contribution in [3.63, 3.8) is 0 Å². The molecule has 0 aromatic carbocycles. The molecule has 0 rings (SSSR count). The average Bonchev–Trinajstić information content (AvgIpc) is 2.20. The molecule has 0 aromatic heterocycles. The monoisotopic (exact) mass is 267 g/mol. The third kappa shape index (κ3) is 9.56. The van der Waals surface area contributed by atoms with Gasteiger partial charge in [-0.25, -0.2) is 4.39 Å². The van der Waals surface area contributed by atoms with Gasteiger partial charge in [-0.3, -0.25) is 4.79 Å². The summed E-state index contributed by atoms with van der Waals surface area (Å²) in [4.78, 5) is 13.7. The second-order valence-corrected chi connectivity index (χ2v) is 6.13. The molecule has 0 amide bonds. The Labute approximate surface area is 106 Å². The second-order valence-electron chi connectivity index (χ2n) is 3.99. The minimum absolute atomic E-state index is 0.130. The number of Topliss-reactive ketones (excluding diaryl/α,β-unsaturated/α-hetero) is 1. The number of ketones is 1. The van der Waals surface area contributed by atoms with Crippen molar-refractivity contribution in [2.45, 2.75) is 44.3 Å². The van der Waals surface area contributed by atoms with E-state index in [0.717, 1.165) is 26.1 Å². The zero-order chi connectivity index (χ0) is 12.6. The van der Waals surface area contributed by atoms with Gasteiger partial charge in [-0.05, 0) is 26.1 Å². The first-order valence-electron chi connectivity index (χ1n) is 5.83. The fourth-order valence-electron chi connectivity index (χ4n) is 1.48. The van der Waals surface area contributed by atoms with Crippen molar-refractivity contribution in [1.82, 2.24) is 4.90 Å². The van der Waals surface area contributed by atoms with E-state index in [9.17, 15) is 9.18 Å². The van der Waals surface area contributed by atoms with Crippen molar-refractivity contribution in [3.8, 4) is 0 Å². The topological polar surface area (TPSA) is 20.3 Å². The molecule has 0 aliphatic rings. The molecule has 96 valence electrons. The van der Waals surface area contributed by atoms with Crippen molar-refractivity contribution >= 4 is 27.7 Å². The Kier molecular flexibility index (Phi) is 8.61. The summed E-state index contributed by atoms with van der Waals surface area (Å²) >= 11 is 3.72. The highest BCUT2D eigenvalue weighted by Gasteiger charge is 2.18. The first-order valence-corrected chi connectivity index (χ1v) is 6.85. The molecule has 0 spiro atoms. The maximum atomic E-state index is 13.0. The van der Waals surface area contributed by atoms with E-state index in [0.29, 0.717) is 6.42 Å². The number of rotatable bonds is 9. The van der Waals surface area contributed by atoms with Gasteiger partial charge < -0.3 is 4.90 Å². The zero-order valence-corrected chi connectivity index (χ0v) is 12.3. The highest BCUT2D eigenvalue weighted by molar-refractivity contribution is 7.86. The molecule has 0 bridgehead atoms. The Hall–Kier alpha value is 0.340. The van der Waals surface area contributed by atoms with Crippen LogP contribution in [0.3, 0.4) is 0 Å². The molecule has 5 heteroatoms. The van der Waals surface area contributed by atoms with E-state index >= 15 is 0 Å². The van der Waals surface area contributed by atoms with Gasteiger partial charge in [0.1, 0.15) is 5.78 Å². The van der Waals surface area contributed by atoms with Crippen molar-refractivity contribution in [2.24, 2.45) is 0 Å². The second kappa shape index (κ2) is 8.43. The van der Waals surface area contributed by atoms with Crippen LogP contribution in [0.2, 0.25) is 0 Å². The van der Waals surface area contributed by atoms with E-state index in [1.807, 2.05) is 9.24 Å².